The van der Waals surface area contributed by atoms with Crippen LogP contribution in [0.15, 0.2) is 12.1 Å². The maximum absolute atomic E-state index is 12.1. The second-order valence-electron chi connectivity index (χ2n) is 5.76. The van der Waals surface area contributed by atoms with Crippen molar-refractivity contribution in [1.82, 2.24) is 10.2 Å². The number of carbonyl (C=O) groups excluding carboxylic acids is 2. The number of anilines is 1. The van der Waals surface area contributed by atoms with Crippen LogP contribution in [0.3, 0.4) is 0 Å². The van der Waals surface area contributed by atoms with Gasteiger partial charge in [0, 0.05) is 19.3 Å². The Hall–Kier alpha value is -2.04. The van der Waals surface area contributed by atoms with Gasteiger partial charge in [0.25, 0.3) is 0 Å². The summed E-state index contributed by atoms with van der Waals surface area (Å²) in [6.45, 7) is 8.70. The van der Waals surface area contributed by atoms with Crippen LogP contribution in [0.2, 0.25) is 0 Å². The third-order valence-electron chi connectivity index (χ3n) is 3.48. The molecule has 0 heterocycles. The van der Waals surface area contributed by atoms with Crippen LogP contribution in [-0.2, 0) is 4.79 Å². The second kappa shape index (κ2) is 8.41. The van der Waals surface area contributed by atoms with Gasteiger partial charge in [-0.2, -0.15) is 0 Å². The highest BCUT2D eigenvalue weighted by Crippen LogP contribution is 2.21. The smallest absolute Gasteiger partial charge is 0.317 e. The average molecular weight is 305 g/mol. The van der Waals surface area contributed by atoms with Gasteiger partial charge in [-0.1, -0.05) is 31.0 Å². The fraction of sp³-hybridized carbons (Fsp3) is 0.529. The van der Waals surface area contributed by atoms with E-state index < -0.39 is 0 Å². The fourth-order valence-corrected chi connectivity index (χ4v) is 2.35. The van der Waals surface area contributed by atoms with Crippen molar-refractivity contribution in [2.24, 2.45) is 0 Å². The van der Waals surface area contributed by atoms with E-state index >= 15 is 0 Å². The molecule has 0 unspecified atom stereocenters. The first-order chi connectivity index (χ1) is 10.3. The second-order valence-corrected chi connectivity index (χ2v) is 5.76. The Morgan fingerprint density at radius 1 is 1.14 bits per heavy atom. The van der Waals surface area contributed by atoms with Crippen molar-refractivity contribution in [3.05, 3.63) is 28.8 Å². The zero-order chi connectivity index (χ0) is 16.7. The summed E-state index contributed by atoms with van der Waals surface area (Å²) in [7, 11) is 1.62. The van der Waals surface area contributed by atoms with Crippen LogP contribution in [0.1, 0.15) is 36.5 Å². The van der Waals surface area contributed by atoms with Gasteiger partial charge < -0.3 is 15.5 Å². The highest BCUT2D eigenvalue weighted by molar-refractivity contribution is 5.95. The molecule has 0 aliphatic heterocycles. The molecule has 1 aromatic rings. The molecule has 0 aliphatic rings. The minimum Gasteiger partial charge on any atom is -0.338 e. The maximum Gasteiger partial charge on any atom is 0.317 e. The molecule has 22 heavy (non-hydrogen) atoms. The summed E-state index contributed by atoms with van der Waals surface area (Å²) in [4.78, 5) is 25.3. The summed E-state index contributed by atoms with van der Waals surface area (Å²) >= 11 is 0. The maximum atomic E-state index is 12.1. The SMILES string of the molecule is CCCCNC(=O)N(C)CC(=O)Nc1c(C)cc(C)cc1C. The number of amides is 3. The van der Waals surface area contributed by atoms with Crippen molar-refractivity contribution in [1.29, 1.82) is 0 Å². The minimum absolute atomic E-state index is 0.0325. The number of carbonyl (C=O) groups is 2. The van der Waals surface area contributed by atoms with Crippen molar-refractivity contribution in [2.75, 3.05) is 25.5 Å². The standard InChI is InChI=1S/C17H27N3O2/c1-6-7-8-18-17(22)20(5)11-15(21)19-16-13(3)9-12(2)10-14(16)4/h9-10H,6-8,11H2,1-5H3,(H,18,22)(H,19,21). The lowest BCUT2D eigenvalue weighted by Gasteiger charge is -2.19. The molecule has 0 radical (unpaired) electrons. The van der Waals surface area contributed by atoms with Crippen molar-refractivity contribution >= 4 is 17.6 Å². The van der Waals surface area contributed by atoms with Crippen LogP contribution in [0, 0.1) is 20.8 Å². The molecule has 0 saturated heterocycles. The molecular formula is C17H27N3O2. The summed E-state index contributed by atoms with van der Waals surface area (Å²) in [5, 5.41) is 5.69. The highest BCUT2D eigenvalue weighted by atomic mass is 16.2. The molecule has 5 nitrogen and oxygen atoms in total. The molecule has 0 bridgehead atoms. The Labute approximate surface area is 133 Å². The number of nitrogens with zero attached hydrogens (tertiary/aromatic N) is 1. The Balaban J connectivity index is 2.58. The molecule has 0 atom stereocenters. The van der Waals surface area contributed by atoms with E-state index in [9.17, 15) is 9.59 Å². The van der Waals surface area contributed by atoms with Gasteiger partial charge in [0.05, 0.1) is 0 Å². The molecule has 2 N–H and O–H groups in total. The fourth-order valence-electron chi connectivity index (χ4n) is 2.35. The summed E-state index contributed by atoms with van der Waals surface area (Å²) in [6.07, 6.45) is 1.96. The van der Waals surface area contributed by atoms with Gasteiger partial charge in [0.15, 0.2) is 0 Å². The molecule has 1 aromatic carbocycles. The Bertz CT molecular complexity index is 518. The summed E-state index contributed by atoms with van der Waals surface area (Å²) < 4.78 is 0. The van der Waals surface area contributed by atoms with Crippen molar-refractivity contribution < 1.29 is 9.59 Å². The van der Waals surface area contributed by atoms with Crippen LogP contribution < -0.4 is 10.6 Å². The van der Waals surface area contributed by atoms with E-state index in [1.165, 1.54) is 10.5 Å². The zero-order valence-corrected chi connectivity index (χ0v) is 14.2. The molecule has 122 valence electrons. The number of urea groups is 1. The molecule has 0 spiro atoms. The summed E-state index contributed by atoms with van der Waals surface area (Å²) in [5.74, 6) is -0.191. The van der Waals surface area contributed by atoms with E-state index in [0.717, 1.165) is 29.7 Å². The number of hydrogen-bond acceptors (Lipinski definition) is 2. The molecule has 1 rings (SSSR count). The summed E-state index contributed by atoms with van der Waals surface area (Å²) in [6, 6.07) is 3.84. The van der Waals surface area contributed by atoms with Crippen LogP contribution in [0.25, 0.3) is 0 Å². The normalized spacial score (nSPS) is 10.2. The van der Waals surface area contributed by atoms with Gasteiger partial charge in [-0.05, 0) is 38.3 Å². The molecule has 3 amide bonds. The molecular weight excluding hydrogens is 278 g/mol. The van der Waals surface area contributed by atoms with E-state index in [1.54, 1.807) is 7.05 Å². The van der Waals surface area contributed by atoms with E-state index in [-0.39, 0.29) is 18.5 Å². The predicted molar refractivity (Wildman–Crippen MR) is 90.2 cm³/mol. The quantitative estimate of drug-likeness (QED) is 0.794. The van der Waals surface area contributed by atoms with E-state index in [4.69, 9.17) is 0 Å². The first kappa shape index (κ1) is 18.0. The van der Waals surface area contributed by atoms with Gasteiger partial charge in [0.2, 0.25) is 5.91 Å². The molecule has 0 aliphatic carbocycles. The number of unbranched alkanes of at least 4 members (excludes halogenated alkanes) is 1. The topological polar surface area (TPSA) is 61.4 Å². The van der Waals surface area contributed by atoms with Gasteiger partial charge in [-0.3, -0.25) is 4.79 Å². The van der Waals surface area contributed by atoms with Crippen LogP contribution >= 0.6 is 0 Å². The summed E-state index contributed by atoms with van der Waals surface area (Å²) in [5.41, 5.74) is 4.05. The number of likely N-dealkylation sites (N-methyl/N-ethyl adjacent to an activating group) is 1. The van der Waals surface area contributed by atoms with Crippen LogP contribution in [-0.4, -0.2) is 37.0 Å². The van der Waals surface area contributed by atoms with Gasteiger partial charge in [-0.15, -0.1) is 0 Å². The molecule has 0 aromatic heterocycles. The lowest BCUT2D eigenvalue weighted by Crippen LogP contribution is -2.41. The molecule has 5 heteroatoms. The van der Waals surface area contributed by atoms with Crippen molar-refractivity contribution in [3.8, 4) is 0 Å². The van der Waals surface area contributed by atoms with Crippen molar-refractivity contribution in [3.63, 3.8) is 0 Å². The average Bonchev–Trinajstić information content (AvgIpc) is 2.42. The first-order valence-electron chi connectivity index (χ1n) is 7.71. The van der Waals surface area contributed by atoms with Gasteiger partial charge in [0.1, 0.15) is 6.54 Å². The van der Waals surface area contributed by atoms with E-state index in [2.05, 4.69) is 17.6 Å². The Morgan fingerprint density at radius 2 is 1.73 bits per heavy atom. The van der Waals surface area contributed by atoms with Crippen molar-refractivity contribution in [2.45, 2.75) is 40.5 Å². The number of benzene rings is 1. The number of nitrogens with one attached hydrogen (secondary N) is 2. The number of aryl methyl sites for hydroxylation is 3. The third-order valence-corrected chi connectivity index (χ3v) is 3.48. The monoisotopic (exact) mass is 305 g/mol. The van der Waals surface area contributed by atoms with E-state index in [0.29, 0.717) is 6.54 Å². The molecule has 0 saturated carbocycles. The predicted octanol–water partition coefficient (Wildman–Crippen LogP) is 2.99. The largest absolute Gasteiger partial charge is 0.338 e. The van der Waals surface area contributed by atoms with E-state index in [1.807, 2.05) is 32.9 Å². The number of hydrogen-bond donors (Lipinski definition) is 2. The Morgan fingerprint density at radius 3 is 2.27 bits per heavy atom. The third kappa shape index (κ3) is 5.39. The van der Waals surface area contributed by atoms with Crippen LogP contribution in [0.4, 0.5) is 10.5 Å². The van der Waals surface area contributed by atoms with Crippen LogP contribution in [0.5, 0.6) is 0 Å². The lowest BCUT2D eigenvalue weighted by molar-refractivity contribution is -0.116. The molecule has 0 fully saturated rings. The Kier molecular flexibility index (Phi) is 6.89. The van der Waals surface area contributed by atoms with Gasteiger partial charge in [-0.25, -0.2) is 4.79 Å². The zero-order valence-electron chi connectivity index (χ0n) is 14.2. The number of rotatable bonds is 6. The first-order valence-corrected chi connectivity index (χ1v) is 7.71. The van der Waals surface area contributed by atoms with Gasteiger partial charge >= 0.3 is 6.03 Å². The highest BCUT2D eigenvalue weighted by Gasteiger charge is 2.14. The lowest BCUT2D eigenvalue weighted by atomic mass is 10.1. The minimum atomic E-state index is -0.221.